The van der Waals surface area contributed by atoms with E-state index >= 15 is 0 Å². The fourth-order valence-corrected chi connectivity index (χ4v) is 4.45. The number of aromatic nitrogens is 2. The summed E-state index contributed by atoms with van der Waals surface area (Å²) in [4.78, 5) is 8.93. The molecule has 0 aliphatic heterocycles. The van der Waals surface area contributed by atoms with Gasteiger partial charge in [-0.15, -0.1) is 0 Å². The molecule has 0 saturated carbocycles. The number of para-hydroxylation sites is 1. The van der Waals surface area contributed by atoms with Crippen LogP contribution in [-0.2, 0) is 13.2 Å². The van der Waals surface area contributed by atoms with E-state index < -0.39 is 0 Å². The minimum absolute atomic E-state index is 0.0117. The molecule has 7 nitrogen and oxygen atoms in total. The van der Waals surface area contributed by atoms with Crippen molar-refractivity contribution in [3.8, 4) is 34.6 Å². The van der Waals surface area contributed by atoms with Gasteiger partial charge < -0.3 is 19.9 Å². The third kappa shape index (κ3) is 6.16. The molecule has 0 atom stereocenters. The lowest BCUT2D eigenvalue weighted by Gasteiger charge is -2.16. The number of ether oxygens (including phenoxy) is 2. The van der Waals surface area contributed by atoms with Gasteiger partial charge in [-0.1, -0.05) is 66.2 Å². The fourth-order valence-electron chi connectivity index (χ4n) is 4.22. The number of fused-ring (bicyclic) bond motifs is 1. The molecular formula is C31H25ClN4O3. The summed E-state index contributed by atoms with van der Waals surface area (Å²) in [7, 11) is 0. The Morgan fingerprint density at radius 2 is 1.77 bits per heavy atom. The number of hydrogen-bond donors (Lipinski definition) is 2. The standard InChI is InChI=1S/C31H25ClN4O3/c32-27-15-24(18-34-12-13-37)28(38-19-22-7-4-6-21(14-22)17-33)16-29(27)39-31-26-11-5-10-25(30(26)35-20-36-31)23-8-2-1-3-9-23/h1-11,14-16,20,34,37H,12-13,18-19H2. The van der Waals surface area contributed by atoms with Crippen molar-refractivity contribution in [3.63, 3.8) is 0 Å². The molecule has 0 bridgehead atoms. The zero-order valence-corrected chi connectivity index (χ0v) is 21.7. The first-order valence-corrected chi connectivity index (χ1v) is 12.8. The van der Waals surface area contributed by atoms with E-state index in [1.54, 1.807) is 24.3 Å². The van der Waals surface area contributed by atoms with Crippen LogP contribution >= 0.6 is 11.6 Å². The van der Waals surface area contributed by atoms with Gasteiger partial charge in [-0.05, 0) is 35.4 Å². The van der Waals surface area contributed by atoms with Gasteiger partial charge in [0.1, 0.15) is 18.7 Å². The van der Waals surface area contributed by atoms with Crippen molar-refractivity contribution < 1.29 is 14.6 Å². The maximum atomic E-state index is 9.22. The summed E-state index contributed by atoms with van der Waals surface area (Å²) in [5, 5.41) is 22.7. The van der Waals surface area contributed by atoms with Crippen LogP contribution in [0.4, 0.5) is 0 Å². The van der Waals surface area contributed by atoms with Crippen LogP contribution in [0.3, 0.4) is 0 Å². The van der Waals surface area contributed by atoms with Crippen LogP contribution in [0, 0.1) is 11.3 Å². The number of halogens is 1. The molecule has 4 aromatic carbocycles. The van der Waals surface area contributed by atoms with Gasteiger partial charge in [-0.3, -0.25) is 0 Å². The minimum Gasteiger partial charge on any atom is -0.488 e. The predicted octanol–water partition coefficient (Wildman–Crippen LogP) is 6.28. The maximum Gasteiger partial charge on any atom is 0.230 e. The second kappa shape index (κ2) is 12.4. The lowest BCUT2D eigenvalue weighted by atomic mass is 10.0. The van der Waals surface area contributed by atoms with Gasteiger partial charge in [0.25, 0.3) is 0 Å². The molecule has 0 saturated heterocycles. The van der Waals surface area contributed by atoms with E-state index in [1.165, 1.54) is 6.33 Å². The fraction of sp³-hybridized carbons (Fsp3) is 0.129. The van der Waals surface area contributed by atoms with Crippen LogP contribution in [0.25, 0.3) is 22.0 Å². The van der Waals surface area contributed by atoms with Gasteiger partial charge in [0.15, 0.2) is 5.75 Å². The number of nitrogens with zero attached hydrogens (tertiary/aromatic N) is 3. The molecule has 1 heterocycles. The molecule has 0 fully saturated rings. The van der Waals surface area contributed by atoms with Crippen LogP contribution in [-0.4, -0.2) is 28.2 Å². The van der Waals surface area contributed by atoms with Crippen molar-refractivity contribution in [2.75, 3.05) is 13.2 Å². The van der Waals surface area contributed by atoms with Crippen molar-refractivity contribution in [1.29, 1.82) is 5.26 Å². The molecule has 0 aliphatic carbocycles. The molecule has 5 rings (SSSR count). The molecule has 0 radical (unpaired) electrons. The molecule has 8 heteroatoms. The summed E-state index contributed by atoms with van der Waals surface area (Å²) in [6.45, 7) is 1.12. The molecule has 0 unspecified atom stereocenters. The first kappa shape index (κ1) is 26.1. The number of benzene rings is 4. The zero-order chi connectivity index (χ0) is 27.0. The van der Waals surface area contributed by atoms with E-state index in [2.05, 4.69) is 21.4 Å². The lowest BCUT2D eigenvalue weighted by molar-refractivity contribution is 0.287. The van der Waals surface area contributed by atoms with E-state index in [4.69, 9.17) is 21.1 Å². The maximum absolute atomic E-state index is 9.22. The predicted molar refractivity (Wildman–Crippen MR) is 151 cm³/mol. The van der Waals surface area contributed by atoms with Gasteiger partial charge in [0, 0.05) is 30.3 Å². The molecule has 0 amide bonds. The smallest absolute Gasteiger partial charge is 0.230 e. The highest BCUT2D eigenvalue weighted by Gasteiger charge is 2.16. The van der Waals surface area contributed by atoms with E-state index in [-0.39, 0.29) is 13.2 Å². The number of rotatable bonds is 10. The number of aliphatic hydroxyl groups is 1. The Kier molecular flexibility index (Phi) is 8.29. The Hall–Kier alpha value is -4.48. The number of nitriles is 1. The molecular weight excluding hydrogens is 512 g/mol. The summed E-state index contributed by atoms with van der Waals surface area (Å²) in [5.41, 5.74) is 5.00. The molecule has 0 spiro atoms. The first-order valence-electron chi connectivity index (χ1n) is 12.4. The van der Waals surface area contributed by atoms with Gasteiger partial charge >= 0.3 is 0 Å². The van der Waals surface area contributed by atoms with E-state index in [9.17, 15) is 10.4 Å². The SMILES string of the molecule is N#Cc1cccc(COc2cc(Oc3ncnc4c(-c5ccccc5)cccc34)c(Cl)cc2CNCCO)c1. The minimum atomic E-state index is 0.0117. The highest BCUT2D eigenvalue weighted by Crippen LogP contribution is 2.38. The van der Waals surface area contributed by atoms with Gasteiger partial charge in [0.2, 0.25) is 5.88 Å². The molecule has 5 aromatic rings. The average Bonchev–Trinajstić information content (AvgIpc) is 2.98. The van der Waals surface area contributed by atoms with Crippen molar-refractivity contribution in [3.05, 3.63) is 113 Å². The van der Waals surface area contributed by atoms with Crippen LogP contribution in [0.5, 0.6) is 17.4 Å². The number of hydrogen-bond acceptors (Lipinski definition) is 7. The topological polar surface area (TPSA) is 100 Å². The Morgan fingerprint density at radius 3 is 2.59 bits per heavy atom. The molecule has 0 aliphatic rings. The summed E-state index contributed by atoms with van der Waals surface area (Å²) < 4.78 is 12.4. The second-order valence-electron chi connectivity index (χ2n) is 8.74. The second-order valence-corrected chi connectivity index (χ2v) is 9.15. The Balaban J connectivity index is 1.48. The molecule has 39 heavy (non-hydrogen) atoms. The van der Waals surface area contributed by atoms with E-state index in [0.717, 1.165) is 33.2 Å². The Morgan fingerprint density at radius 1 is 0.923 bits per heavy atom. The quantitative estimate of drug-likeness (QED) is 0.203. The third-order valence-corrected chi connectivity index (χ3v) is 6.38. The first-order chi connectivity index (χ1) is 19.2. The van der Waals surface area contributed by atoms with Crippen LogP contribution in [0.1, 0.15) is 16.7 Å². The summed E-state index contributed by atoms with van der Waals surface area (Å²) in [5.74, 6) is 1.32. The Bertz CT molecular complexity index is 1640. The van der Waals surface area contributed by atoms with Gasteiger partial charge in [-0.2, -0.15) is 5.26 Å². The Labute approximate surface area is 231 Å². The van der Waals surface area contributed by atoms with Gasteiger partial charge in [-0.25, -0.2) is 9.97 Å². The monoisotopic (exact) mass is 536 g/mol. The molecule has 1 aromatic heterocycles. The number of nitrogens with one attached hydrogen (secondary N) is 1. The summed E-state index contributed by atoms with van der Waals surface area (Å²) in [6.07, 6.45) is 1.48. The van der Waals surface area contributed by atoms with Crippen molar-refractivity contribution in [1.82, 2.24) is 15.3 Å². The van der Waals surface area contributed by atoms with Gasteiger partial charge in [0.05, 0.1) is 34.2 Å². The van der Waals surface area contributed by atoms with E-state index in [0.29, 0.717) is 41.1 Å². The highest BCUT2D eigenvalue weighted by molar-refractivity contribution is 6.32. The zero-order valence-electron chi connectivity index (χ0n) is 21.0. The third-order valence-electron chi connectivity index (χ3n) is 6.09. The van der Waals surface area contributed by atoms with Crippen LogP contribution in [0.2, 0.25) is 5.02 Å². The highest BCUT2D eigenvalue weighted by atomic mass is 35.5. The summed E-state index contributed by atoms with van der Waals surface area (Å²) >= 11 is 6.66. The molecule has 2 N–H and O–H groups in total. The van der Waals surface area contributed by atoms with Crippen molar-refractivity contribution in [2.45, 2.75) is 13.2 Å². The van der Waals surface area contributed by atoms with E-state index in [1.807, 2.05) is 60.7 Å². The molecule has 194 valence electrons. The van der Waals surface area contributed by atoms with Crippen molar-refractivity contribution >= 4 is 22.5 Å². The van der Waals surface area contributed by atoms with Crippen LogP contribution in [0.15, 0.2) is 91.3 Å². The largest absolute Gasteiger partial charge is 0.488 e. The average molecular weight is 537 g/mol. The normalized spacial score (nSPS) is 10.8. The lowest BCUT2D eigenvalue weighted by Crippen LogP contribution is -2.18. The number of aliphatic hydroxyl groups excluding tert-OH is 1. The van der Waals surface area contributed by atoms with Crippen molar-refractivity contribution in [2.24, 2.45) is 0 Å². The van der Waals surface area contributed by atoms with Crippen LogP contribution < -0.4 is 14.8 Å². The summed E-state index contributed by atoms with van der Waals surface area (Å²) in [6, 6.07) is 28.8.